The van der Waals surface area contributed by atoms with Crippen LogP contribution in [-0.2, 0) is 9.59 Å². The number of nitrogens with zero attached hydrogens (tertiary/aromatic N) is 1. The Hall–Kier alpha value is -3.07. The van der Waals surface area contributed by atoms with Crippen molar-refractivity contribution in [3.63, 3.8) is 0 Å². The van der Waals surface area contributed by atoms with Gasteiger partial charge in [-0.05, 0) is 72.8 Å². The lowest BCUT2D eigenvalue weighted by molar-refractivity contribution is -0.118. The smallest absolute Gasteiger partial charge is 0.264 e. The first-order valence-electron chi connectivity index (χ1n) is 10.2. The molecule has 4 rings (SSSR count). The van der Waals surface area contributed by atoms with Gasteiger partial charge in [0.2, 0.25) is 0 Å². The number of thioether (sulfide) groups is 1. The van der Waals surface area contributed by atoms with E-state index in [1.165, 1.54) is 11.8 Å². The highest BCUT2D eigenvalue weighted by Crippen LogP contribution is 2.32. The first kappa shape index (κ1) is 24.1. The molecule has 1 fully saturated rings. The van der Waals surface area contributed by atoms with Crippen molar-refractivity contribution in [1.82, 2.24) is 5.32 Å². The van der Waals surface area contributed by atoms with Crippen LogP contribution >= 0.6 is 39.3 Å². The number of amides is 2. The molecule has 0 aromatic heterocycles. The van der Waals surface area contributed by atoms with Gasteiger partial charge >= 0.3 is 0 Å². The lowest BCUT2D eigenvalue weighted by Crippen LogP contribution is -2.20. The average Bonchev–Trinajstić information content (AvgIpc) is 3.15. The molecule has 1 aliphatic rings. The van der Waals surface area contributed by atoms with Gasteiger partial charge in [-0.25, -0.2) is 4.99 Å². The van der Waals surface area contributed by atoms with Crippen LogP contribution in [0.2, 0.25) is 5.02 Å². The second-order valence-corrected chi connectivity index (χ2v) is 9.65. The Kier molecular flexibility index (Phi) is 7.72. The number of nitrogens with one attached hydrogen (secondary N) is 2. The molecule has 0 aliphatic carbocycles. The fourth-order valence-corrected chi connectivity index (χ4v) is 4.41. The van der Waals surface area contributed by atoms with Gasteiger partial charge in [0.1, 0.15) is 5.75 Å². The van der Waals surface area contributed by atoms with Crippen molar-refractivity contribution in [1.29, 1.82) is 0 Å². The fourth-order valence-electron chi connectivity index (χ4n) is 3.02. The first-order valence-corrected chi connectivity index (χ1v) is 12.2. The molecular formula is C25H19BrClN3O3S. The number of rotatable bonds is 6. The minimum absolute atomic E-state index is 0.205. The molecule has 0 bridgehead atoms. The number of carbonyl (C=O) groups is 2. The monoisotopic (exact) mass is 555 g/mol. The maximum Gasteiger partial charge on any atom is 0.264 e. The summed E-state index contributed by atoms with van der Waals surface area (Å²) in [5.41, 5.74) is 2.92. The van der Waals surface area contributed by atoms with Crippen molar-refractivity contribution in [3.8, 4) is 5.75 Å². The van der Waals surface area contributed by atoms with Crippen molar-refractivity contribution in [3.05, 3.63) is 92.3 Å². The number of halogens is 2. The quantitative estimate of drug-likeness (QED) is 0.348. The third-order valence-corrected chi connectivity index (χ3v) is 6.52. The largest absolute Gasteiger partial charge is 0.483 e. The van der Waals surface area contributed by atoms with E-state index in [0.29, 0.717) is 32.1 Å². The summed E-state index contributed by atoms with van der Waals surface area (Å²) in [6.45, 7) is 1.68. The van der Waals surface area contributed by atoms with Gasteiger partial charge in [-0.3, -0.25) is 9.59 Å². The topological polar surface area (TPSA) is 79.8 Å². The van der Waals surface area contributed by atoms with Crippen LogP contribution in [0.5, 0.6) is 5.75 Å². The van der Waals surface area contributed by atoms with E-state index in [2.05, 4.69) is 31.6 Å². The van der Waals surface area contributed by atoms with Crippen molar-refractivity contribution >= 4 is 73.7 Å². The molecule has 6 nitrogen and oxygen atoms in total. The Bertz CT molecular complexity index is 1310. The van der Waals surface area contributed by atoms with E-state index in [4.69, 9.17) is 16.3 Å². The van der Waals surface area contributed by atoms with E-state index in [-0.39, 0.29) is 18.4 Å². The zero-order valence-electron chi connectivity index (χ0n) is 18.0. The highest BCUT2D eigenvalue weighted by Gasteiger charge is 2.24. The number of amidine groups is 1. The van der Waals surface area contributed by atoms with E-state index < -0.39 is 0 Å². The van der Waals surface area contributed by atoms with E-state index in [0.717, 1.165) is 15.7 Å². The number of ether oxygens (including phenoxy) is 1. The fraction of sp³-hybridized carbons (Fsp3) is 0.0800. The number of benzene rings is 3. The van der Waals surface area contributed by atoms with E-state index >= 15 is 0 Å². The zero-order valence-corrected chi connectivity index (χ0v) is 21.1. The second-order valence-electron chi connectivity index (χ2n) is 7.30. The molecule has 1 saturated heterocycles. The van der Waals surface area contributed by atoms with Gasteiger partial charge < -0.3 is 15.4 Å². The number of anilines is 1. The Morgan fingerprint density at radius 1 is 1.18 bits per heavy atom. The van der Waals surface area contributed by atoms with Gasteiger partial charge in [0, 0.05) is 20.7 Å². The summed E-state index contributed by atoms with van der Waals surface area (Å²) in [7, 11) is 0. The summed E-state index contributed by atoms with van der Waals surface area (Å²) in [5, 5.41) is 6.60. The lowest BCUT2D eigenvalue weighted by atomic mass is 10.2. The standard InChI is InChI=1S/C25H19BrClN3O3S/c1-15-7-9-19(13-20(15)27)28-23(31)14-33-21-10-8-17(26)11-16(21)12-22-24(32)30-25(34-22)29-18-5-3-2-4-6-18/h2-13H,14H2,1H3,(H,28,31)(H,29,30,32)/b22-12-. The van der Waals surface area contributed by atoms with Crippen LogP contribution < -0.4 is 15.4 Å². The number of hydrogen-bond acceptors (Lipinski definition) is 5. The molecule has 3 aromatic rings. The SMILES string of the molecule is Cc1ccc(NC(=O)COc2ccc(Br)cc2/C=C2\SC(=Nc3ccccc3)NC2=O)cc1Cl. The molecule has 0 spiro atoms. The van der Waals surface area contributed by atoms with Crippen LogP contribution in [0.4, 0.5) is 11.4 Å². The van der Waals surface area contributed by atoms with E-state index in [1.54, 1.807) is 30.3 Å². The number of aliphatic imine (C=N–C) groups is 1. The highest BCUT2D eigenvalue weighted by molar-refractivity contribution is 9.10. The maximum absolute atomic E-state index is 12.5. The molecule has 2 N–H and O–H groups in total. The summed E-state index contributed by atoms with van der Waals surface area (Å²) in [6, 6.07) is 20.0. The molecule has 1 aliphatic heterocycles. The molecular weight excluding hydrogens is 538 g/mol. The molecule has 0 radical (unpaired) electrons. The van der Waals surface area contributed by atoms with Gasteiger partial charge in [0.25, 0.3) is 11.8 Å². The Morgan fingerprint density at radius 3 is 2.74 bits per heavy atom. The van der Waals surface area contributed by atoms with Crippen molar-refractivity contribution in [2.24, 2.45) is 4.99 Å². The van der Waals surface area contributed by atoms with E-state index in [9.17, 15) is 9.59 Å². The van der Waals surface area contributed by atoms with Gasteiger partial charge in [0.15, 0.2) is 11.8 Å². The van der Waals surface area contributed by atoms with E-state index in [1.807, 2.05) is 49.4 Å². The molecule has 0 unspecified atom stereocenters. The van der Waals surface area contributed by atoms with Crippen LogP contribution in [0, 0.1) is 6.92 Å². The minimum atomic E-state index is -0.327. The third-order valence-electron chi connectivity index (χ3n) is 4.71. The number of carbonyl (C=O) groups excluding carboxylic acids is 2. The summed E-state index contributed by atoms with van der Waals surface area (Å²) in [4.78, 5) is 29.8. The predicted molar refractivity (Wildman–Crippen MR) is 142 cm³/mol. The zero-order chi connectivity index (χ0) is 24.1. The molecule has 9 heteroatoms. The van der Waals surface area contributed by atoms with Crippen LogP contribution in [0.1, 0.15) is 11.1 Å². The van der Waals surface area contributed by atoms with Crippen LogP contribution in [0.25, 0.3) is 6.08 Å². The minimum Gasteiger partial charge on any atom is -0.483 e. The predicted octanol–water partition coefficient (Wildman–Crippen LogP) is 6.32. The molecule has 3 aromatic carbocycles. The Morgan fingerprint density at radius 2 is 1.97 bits per heavy atom. The highest BCUT2D eigenvalue weighted by atomic mass is 79.9. The second kappa shape index (κ2) is 10.9. The van der Waals surface area contributed by atoms with Crippen molar-refractivity contribution in [2.75, 3.05) is 11.9 Å². The first-order chi connectivity index (χ1) is 16.4. The van der Waals surface area contributed by atoms with Gasteiger partial charge in [-0.2, -0.15) is 0 Å². The number of hydrogen-bond donors (Lipinski definition) is 2. The average molecular weight is 557 g/mol. The number of para-hydroxylation sites is 1. The number of aryl methyl sites for hydroxylation is 1. The summed E-state index contributed by atoms with van der Waals surface area (Å²) in [5.74, 6) is -0.110. The van der Waals surface area contributed by atoms with Crippen LogP contribution in [-0.4, -0.2) is 23.6 Å². The van der Waals surface area contributed by atoms with Crippen molar-refractivity contribution in [2.45, 2.75) is 6.92 Å². The molecule has 0 saturated carbocycles. The lowest BCUT2D eigenvalue weighted by Gasteiger charge is -2.11. The maximum atomic E-state index is 12.5. The Balaban J connectivity index is 1.47. The van der Waals surface area contributed by atoms with Gasteiger partial charge in [-0.15, -0.1) is 0 Å². The molecule has 34 heavy (non-hydrogen) atoms. The Labute approximate surface area is 214 Å². The van der Waals surface area contributed by atoms with Gasteiger partial charge in [0.05, 0.1) is 10.6 Å². The summed E-state index contributed by atoms with van der Waals surface area (Å²) < 4.78 is 6.58. The van der Waals surface area contributed by atoms with Gasteiger partial charge in [-0.1, -0.05) is 51.8 Å². The third kappa shape index (κ3) is 6.28. The summed E-state index contributed by atoms with van der Waals surface area (Å²) in [6.07, 6.45) is 1.71. The summed E-state index contributed by atoms with van der Waals surface area (Å²) >= 11 is 10.8. The van der Waals surface area contributed by atoms with Crippen LogP contribution in [0.3, 0.4) is 0 Å². The molecule has 172 valence electrons. The van der Waals surface area contributed by atoms with Crippen molar-refractivity contribution < 1.29 is 14.3 Å². The molecule has 1 heterocycles. The van der Waals surface area contributed by atoms with Crippen LogP contribution in [0.15, 0.2) is 81.1 Å². The normalized spacial score (nSPS) is 15.4. The molecule has 0 atom stereocenters. The molecule has 2 amide bonds.